The molecule has 0 atom stereocenters. The maximum atomic E-state index is 13.8. The number of thiazole rings is 1. The number of likely N-dealkylation sites (N-methyl/N-ethyl adjacent to an activating group) is 1. The molecule has 2 heterocycles. The van der Waals surface area contributed by atoms with Crippen LogP contribution in [0.15, 0.2) is 36.4 Å². The quantitative estimate of drug-likeness (QED) is 0.180. The summed E-state index contributed by atoms with van der Waals surface area (Å²) in [5.74, 6) is 1.07. The van der Waals surface area contributed by atoms with Crippen molar-refractivity contribution in [2.45, 2.75) is 13.8 Å². The molecule has 0 radical (unpaired) electrons. The Morgan fingerprint density at radius 1 is 1.03 bits per heavy atom. The van der Waals surface area contributed by atoms with E-state index in [2.05, 4.69) is 18.7 Å². The average Bonchev–Trinajstić information content (AvgIpc) is 3.50. The van der Waals surface area contributed by atoms with E-state index in [4.69, 9.17) is 14.5 Å². The molecule has 1 amide bonds. The molecule has 0 aliphatic heterocycles. The fraction of sp³-hybridized carbons (Fsp3) is 0.333. The summed E-state index contributed by atoms with van der Waals surface area (Å²) < 4.78 is 12.6. The zero-order chi connectivity index (χ0) is 25.1. The number of nitro benzene ring substituents is 1. The predicted octanol–water partition coefficient (Wildman–Crippen LogP) is 5.85. The molecule has 36 heavy (non-hydrogen) atoms. The molecule has 2 aromatic heterocycles. The topological polar surface area (TPSA) is 98.0 Å². The number of methoxy groups -OCH3 is 2. The number of nitrogens with zero attached hydrogens (tertiary/aromatic N) is 4. The molecule has 0 aliphatic rings. The first-order valence-corrected chi connectivity index (χ1v) is 12.8. The summed E-state index contributed by atoms with van der Waals surface area (Å²) in [7, 11) is 3.18. The van der Waals surface area contributed by atoms with Crippen molar-refractivity contribution in [3.63, 3.8) is 0 Å². The van der Waals surface area contributed by atoms with Crippen molar-refractivity contribution in [3.05, 3.63) is 51.4 Å². The lowest BCUT2D eigenvalue weighted by molar-refractivity contribution is -0.384. The van der Waals surface area contributed by atoms with Gasteiger partial charge in [-0.25, -0.2) is 4.98 Å². The van der Waals surface area contributed by atoms with Crippen molar-refractivity contribution in [2.75, 3.05) is 45.3 Å². The van der Waals surface area contributed by atoms with Crippen molar-refractivity contribution < 1.29 is 19.2 Å². The highest BCUT2D eigenvalue weighted by atomic mass is 35.5. The van der Waals surface area contributed by atoms with Gasteiger partial charge in [0.2, 0.25) is 0 Å². The molecule has 4 aromatic rings. The average molecular weight is 551 g/mol. The molecule has 4 rings (SSSR count). The number of fused-ring (bicyclic) bond motifs is 2. The molecular formula is C24H27ClN4O5S2. The van der Waals surface area contributed by atoms with E-state index in [1.165, 1.54) is 34.8 Å². The van der Waals surface area contributed by atoms with Gasteiger partial charge in [-0.05, 0) is 37.4 Å². The molecule has 0 fully saturated rings. The zero-order valence-corrected chi connectivity index (χ0v) is 22.8. The van der Waals surface area contributed by atoms with Crippen LogP contribution in [0, 0.1) is 10.1 Å². The van der Waals surface area contributed by atoms with Crippen LogP contribution in [-0.2, 0) is 0 Å². The van der Waals surface area contributed by atoms with E-state index in [0.29, 0.717) is 45.5 Å². The summed E-state index contributed by atoms with van der Waals surface area (Å²) in [6.07, 6.45) is 0. The highest BCUT2D eigenvalue weighted by Crippen LogP contribution is 2.41. The molecule has 12 heteroatoms. The number of non-ortho nitro benzene ring substituents is 1. The van der Waals surface area contributed by atoms with Crippen LogP contribution >= 0.6 is 35.1 Å². The highest BCUT2D eigenvalue weighted by Gasteiger charge is 2.25. The SMILES string of the molecule is CCN(CC)CCN(C(=O)c1cc2cc([N+](=O)[O-])ccc2s1)c1nc2c(OC)ccc(OC)c2s1.Cl. The van der Waals surface area contributed by atoms with Gasteiger partial charge in [-0.2, -0.15) is 0 Å². The second-order valence-electron chi connectivity index (χ2n) is 7.72. The Kier molecular flexibility index (Phi) is 9.07. The minimum absolute atomic E-state index is 0. The van der Waals surface area contributed by atoms with Crippen LogP contribution in [0.25, 0.3) is 20.3 Å². The molecular weight excluding hydrogens is 524 g/mol. The Balaban J connectivity index is 0.00000361. The molecule has 0 aliphatic carbocycles. The second-order valence-corrected chi connectivity index (χ2v) is 9.78. The molecule has 0 unspecified atom stereocenters. The van der Waals surface area contributed by atoms with Crippen molar-refractivity contribution in [3.8, 4) is 11.5 Å². The van der Waals surface area contributed by atoms with Crippen molar-refractivity contribution >= 4 is 72.1 Å². The minimum Gasteiger partial charge on any atom is -0.495 e. The fourth-order valence-corrected chi connectivity index (χ4v) is 5.93. The molecule has 0 spiro atoms. The Morgan fingerprint density at radius 3 is 2.36 bits per heavy atom. The summed E-state index contributed by atoms with van der Waals surface area (Å²) in [4.78, 5) is 33.7. The van der Waals surface area contributed by atoms with E-state index in [1.54, 1.807) is 37.3 Å². The fourth-order valence-electron chi connectivity index (χ4n) is 3.84. The van der Waals surface area contributed by atoms with Gasteiger partial charge in [0.15, 0.2) is 5.13 Å². The van der Waals surface area contributed by atoms with Crippen molar-refractivity contribution in [1.82, 2.24) is 9.88 Å². The van der Waals surface area contributed by atoms with E-state index in [0.717, 1.165) is 22.5 Å². The summed E-state index contributed by atoms with van der Waals surface area (Å²) in [5.41, 5.74) is 0.637. The van der Waals surface area contributed by atoms with Gasteiger partial charge < -0.3 is 14.4 Å². The van der Waals surface area contributed by atoms with E-state index in [1.807, 2.05) is 6.07 Å². The number of carbonyl (C=O) groups is 1. The highest BCUT2D eigenvalue weighted by molar-refractivity contribution is 7.23. The number of halogens is 1. The first kappa shape index (κ1) is 27.6. The van der Waals surface area contributed by atoms with E-state index in [-0.39, 0.29) is 24.0 Å². The Hall–Kier alpha value is -2.99. The first-order chi connectivity index (χ1) is 16.9. The van der Waals surface area contributed by atoms with Gasteiger partial charge in [-0.15, -0.1) is 23.7 Å². The maximum Gasteiger partial charge on any atom is 0.270 e. The van der Waals surface area contributed by atoms with Crippen molar-refractivity contribution in [2.24, 2.45) is 0 Å². The lowest BCUT2D eigenvalue weighted by atomic mass is 10.2. The second kappa shape index (κ2) is 11.8. The number of amides is 1. The summed E-state index contributed by atoms with van der Waals surface area (Å²) >= 11 is 2.69. The number of benzene rings is 2. The van der Waals surface area contributed by atoms with Crippen LogP contribution in [0.1, 0.15) is 23.5 Å². The van der Waals surface area contributed by atoms with Gasteiger partial charge in [0, 0.05) is 35.3 Å². The number of carbonyl (C=O) groups excluding carboxylic acids is 1. The first-order valence-electron chi connectivity index (χ1n) is 11.1. The molecule has 0 N–H and O–H groups in total. The number of rotatable bonds is 10. The van der Waals surface area contributed by atoms with Crippen LogP contribution in [0.2, 0.25) is 0 Å². The Morgan fingerprint density at radius 2 is 1.72 bits per heavy atom. The zero-order valence-electron chi connectivity index (χ0n) is 20.3. The number of thiophene rings is 1. The number of anilines is 1. The Labute approximate surface area is 222 Å². The third-order valence-corrected chi connectivity index (χ3v) is 8.03. The molecule has 0 bridgehead atoms. The normalized spacial score (nSPS) is 11.0. The van der Waals surface area contributed by atoms with Crippen LogP contribution in [-0.4, -0.2) is 61.1 Å². The summed E-state index contributed by atoms with van der Waals surface area (Å²) in [6.45, 7) is 7.03. The maximum absolute atomic E-state index is 13.8. The monoisotopic (exact) mass is 550 g/mol. The van der Waals surface area contributed by atoms with Crippen LogP contribution in [0.4, 0.5) is 10.8 Å². The van der Waals surface area contributed by atoms with Crippen LogP contribution in [0.3, 0.4) is 0 Å². The van der Waals surface area contributed by atoms with Gasteiger partial charge in [-0.1, -0.05) is 25.2 Å². The van der Waals surface area contributed by atoms with Gasteiger partial charge in [0.1, 0.15) is 21.7 Å². The number of aromatic nitrogens is 1. The van der Waals surface area contributed by atoms with Gasteiger partial charge in [0.25, 0.3) is 11.6 Å². The lowest BCUT2D eigenvalue weighted by Gasteiger charge is -2.24. The number of hydrogen-bond acceptors (Lipinski definition) is 9. The number of nitro groups is 1. The van der Waals surface area contributed by atoms with Gasteiger partial charge >= 0.3 is 0 Å². The van der Waals surface area contributed by atoms with E-state index >= 15 is 0 Å². The summed E-state index contributed by atoms with van der Waals surface area (Å²) in [6, 6.07) is 9.97. The standard InChI is InChI=1S/C24H26N4O5S2.ClH/c1-5-26(6-2)11-12-27(24-25-21-17(32-3)8-9-18(33-4)22(21)35-24)23(29)20-14-15-13-16(28(30)31)7-10-19(15)34-20;/h7-10,13-14H,5-6,11-12H2,1-4H3;1H. The largest absolute Gasteiger partial charge is 0.495 e. The van der Waals surface area contributed by atoms with E-state index in [9.17, 15) is 14.9 Å². The third-order valence-electron chi connectivity index (χ3n) is 5.83. The smallest absolute Gasteiger partial charge is 0.270 e. The molecule has 0 saturated heterocycles. The van der Waals surface area contributed by atoms with Gasteiger partial charge in [0.05, 0.1) is 24.0 Å². The lowest BCUT2D eigenvalue weighted by Crippen LogP contribution is -2.38. The molecule has 0 saturated carbocycles. The molecule has 9 nitrogen and oxygen atoms in total. The van der Waals surface area contributed by atoms with E-state index < -0.39 is 4.92 Å². The van der Waals surface area contributed by atoms with Crippen LogP contribution in [0.5, 0.6) is 11.5 Å². The minimum atomic E-state index is -0.434. The molecule has 192 valence electrons. The van der Waals surface area contributed by atoms with Gasteiger partial charge in [-0.3, -0.25) is 19.8 Å². The van der Waals surface area contributed by atoms with Crippen LogP contribution < -0.4 is 14.4 Å². The third kappa shape index (κ3) is 5.39. The number of hydrogen-bond donors (Lipinski definition) is 0. The summed E-state index contributed by atoms with van der Waals surface area (Å²) in [5, 5.41) is 12.4. The van der Waals surface area contributed by atoms with Crippen molar-refractivity contribution in [1.29, 1.82) is 0 Å². The molecule has 2 aromatic carbocycles. The Bertz CT molecular complexity index is 1340. The number of ether oxygens (including phenoxy) is 2. The predicted molar refractivity (Wildman–Crippen MR) is 148 cm³/mol.